The molecule has 2 aromatic heterocycles. The third kappa shape index (κ3) is 5.38. The second kappa shape index (κ2) is 10.4. The Morgan fingerprint density at radius 2 is 1.82 bits per heavy atom. The Labute approximate surface area is 202 Å². The normalized spacial score (nSPS) is 11.3. The van der Waals surface area contributed by atoms with Crippen LogP contribution in [-0.4, -0.2) is 29.2 Å². The summed E-state index contributed by atoms with van der Waals surface area (Å²) in [5.74, 6) is -0.341. The number of hydrogen-bond acceptors (Lipinski definition) is 7. The van der Waals surface area contributed by atoms with Crippen molar-refractivity contribution < 1.29 is 23.1 Å². The van der Waals surface area contributed by atoms with Crippen LogP contribution in [0.1, 0.15) is 36.5 Å². The molecule has 0 aliphatic heterocycles. The zero-order valence-electron chi connectivity index (χ0n) is 17.7. The zero-order valence-corrected chi connectivity index (χ0v) is 19.3. The first-order valence-electron chi connectivity index (χ1n) is 9.96. The Bertz CT molecular complexity index is 1360. The van der Waals surface area contributed by atoms with Crippen molar-refractivity contribution in [2.24, 2.45) is 0 Å². The molecule has 0 aliphatic carbocycles. The van der Waals surface area contributed by atoms with Crippen molar-refractivity contribution in [1.82, 2.24) is 15.5 Å². The number of amides is 1. The van der Waals surface area contributed by atoms with Gasteiger partial charge in [0.15, 0.2) is 5.01 Å². The first kappa shape index (κ1) is 23.3. The molecular weight excluding hydrogens is 481 g/mol. The van der Waals surface area contributed by atoms with E-state index < -0.39 is 11.9 Å². The number of hydrogen-bond donors (Lipinski definition) is 1. The topological polar surface area (TPSA) is 94.3 Å². The second-order valence-electron chi connectivity index (χ2n) is 6.95. The number of furan rings is 1. The number of carbonyl (C=O) groups is 2. The summed E-state index contributed by atoms with van der Waals surface area (Å²) in [5.41, 5.74) is 1.71. The van der Waals surface area contributed by atoms with E-state index in [-0.39, 0.29) is 22.4 Å². The molecule has 1 amide bonds. The fourth-order valence-electron chi connectivity index (χ4n) is 3.02. The first-order valence-corrected chi connectivity index (χ1v) is 11.2. The summed E-state index contributed by atoms with van der Waals surface area (Å²) in [5, 5.41) is 11.3. The second-order valence-corrected chi connectivity index (χ2v) is 8.34. The van der Waals surface area contributed by atoms with Crippen molar-refractivity contribution >= 4 is 45.9 Å². The molecule has 0 saturated carbocycles. The fraction of sp³-hybridized carbons (Fsp3) is 0.0833. The first-order chi connectivity index (χ1) is 16.4. The van der Waals surface area contributed by atoms with Crippen LogP contribution in [0.15, 0.2) is 65.1 Å². The van der Waals surface area contributed by atoms with Crippen molar-refractivity contribution in [1.29, 1.82) is 0 Å². The van der Waals surface area contributed by atoms with Crippen molar-refractivity contribution in [2.45, 2.75) is 6.54 Å². The standard InChI is InChI=1S/C24H17ClFN3O4S/c1-32-24(31)18-5-3-2-4-17(18)20-11-10-16(33-20)12-19(25)22-28-29-23(34-22)21(30)27-13-14-6-8-15(26)9-7-14/h2-12H,13H2,1H3,(H,27,30)/b19-12-. The maximum atomic E-state index is 13.0. The minimum atomic E-state index is -0.471. The number of nitrogens with one attached hydrogen (secondary N) is 1. The monoisotopic (exact) mass is 497 g/mol. The van der Waals surface area contributed by atoms with Gasteiger partial charge in [-0.15, -0.1) is 10.2 Å². The fourth-order valence-corrected chi connectivity index (χ4v) is 3.95. The molecule has 0 radical (unpaired) electrons. The van der Waals surface area contributed by atoms with Gasteiger partial charge in [0.1, 0.15) is 17.3 Å². The van der Waals surface area contributed by atoms with E-state index in [1.54, 1.807) is 54.6 Å². The number of nitrogens with zero attached hydrogens (tertiary/aromatic N) is 2. The van der Waals surface area contributed by atoms with Crippen LogP contribution in [0.4, 0.5) is 4.39 Å². The highest BCUT2D eigenvalue weighted by molar-refractivity contribution is 7.15. The number of halogens is 2. The number of esters is 1. The van der Waals surface area contributed by atoms with Crippen LogP contribution >= 0.6 is 22.9 Å². The molecule has 34 heavy (non-hydrogen) atoms. The summed E-state index contributed by atoms with van der Waals surface area (Å²) in [6.07, 6.45) is 1.55. The predicted molar refractivity (Wildman–Crippen MR) is 127 cm³/mol. The molecule has 0 saturated heterocycles. The number of benzene rings is 2. The van der Waals surface area contributed by atoms with Gasteiger partial charge in [0.25, 0.3) is 5.91 Å². The van der Waals surface area contributed by atoms with Gasteiger partial charge in [-0.2, -0.15) is 0 Å². The van der Waals surface area contributed by atoms with Gasteiger partial charge in [0, 0.05) is 18.2 Å². The Balaban J connectivity index is 1.46. The third-order valence-corrected chi connectivity index (χ3v) is 6.04. The van der Waals surface area contributed by atoms with E-state index in [2.05, 4.69) is 15.5 Å². The summed E-state index contributed by atoms with van der Waals surface area (Å²) in [7, 11) is 1.31. The quantitative estimate of drug-likeness (QED) is 0.344. The van der Waals surface area contributed by atoms with Crippen LogP contribution in [-0.2, 0) is 11.3 Å². The lowest BCUT2D eigenvalue weighted by atomic mass is 10.1. The van der Waals surface area contributed by atoms with E-state index in [4.69, 9.17) is 20.8 Å². The molecule has 0 fully saturated rings. The maximum Gasteiger partial charge on any atom is 0.338 e. The molecule has 0 spiro atoms. The molecule has 1 N–H and O–H groups in total. The van der Waals surface area contributed by atoms with Crippen molar-refractivity contribution in [3.8, 4) is 11.3 Å². The van der Waals surface area contributed by atoms with E-state index in [1.807, 2.05) is 0 Å². The van der Waals surface area contributed by atoms with Crippen molar-refractivity contribution in [3.63, 3.8) is 0 Å². The van der Waals surface area contributed by atoms with Crippen LogP contribution in [0.5, 0.6) is 0 Å². The van der Waals surface area contributed by atoms with Crippen molar-refractivity contribution in [2.75, 3.05) is 7.11 Å². The van der Waals surface area contributed by atoms with Gasteiger partial charge >= 0.3 is 5.97 Å². The van der Waals surface area contributed by atoms with Gasteiger partial charge in [-0.1, -0.05) is 53.3 Å². The molecule has 0 atom stereocenters. The number of rotatable bonds is 7. The third-order valence-electron chi connectivity index (χ3n) is 4.68. The minimum Gasteiger partial charge on any atom is -0.465 e. The molecule has 172 valence electrons. The molecule has 4 rings (SSSR count). The molecule has 0 unspecified atom stereocenters. The molecular formula is C24H17ClFN3O4S. The van der Waals surface area contributed by atoms with Gasteiger partial charge in [0.05, 0.1) is 17.7 Å². The van der Waals surface area contributed by atoms with Gasteiger partial charge < -0.3 is 14.5 Å². The lowest BCUT2D eigenvalue weighted by molar-refractivity contribution is 0.0601. The highest BCUT2D eigenvalue weighted by Crippen LogP contribution is 2.30. The Morgan fingerprint density at radius 1 is 1.09 bits per heavy atom. The summed E-state index contributed by atoms with van der Waals surface area (Å²) < 4.78 is 23.6. The van der Waals surface area contributed by atoms with E-state index in [9.17, 15) is 14.0 Å². The molecule has 10 heteroatoms. The van der Waals surface area contributed by atoms with Crippen molar-refractivity contribution in [3.05, 3.63) is 93.4 Å². The smallest absolute Gasteiger partial charge is 0.338 e. The van der Waals surface area contributed by atoms with E-state index >= 15 is 0 Å². The summed E-state index contributed by atoms with van der Waals surface area (Å²) in [6.45, 7) is 0.222. The number of aromatic nitrogens is 2. The van der Waals surface area contributed by atoms with E-state index in [0.717, 1.165) is 16.9 Å². The van der Waals surface area contributed by atoms with Gasteiger partial charge in [0.2, 0.25) is 5.01 Å². The molecule has 0 bridgehead atoms. The van der Waals surface area contributed by atoms with Gasteiger partial charge in [-0.3, -0.25) is 4.79 Å². The van der Waals surface area contributed by atoms with E-state index in [1.165, 1.54) is 19.2 Å². The average Bonchev–Trinajstić information content (AvgIpc) is 3.53. The predicted octanol–water partition coefficient (Wildman–Crippen LogP) is 5.39. The highest BCUT2D eigenvalue weighted by atomic mass is 35.5. The van der Waals surface area contributed by atoms with Crippen LogP contribution in [0.2, 0.25) is 0 Å². The average molecular weight is 498 g/mol. The Hall–Kier alpha value is -3.82. The molecule has 2 heterocycles. The van der Waals surface area contributed by atoms with Crippen LogP contribution < -0.4 is 5.32 Å². The number of carbonyl (C=O) groups excluding carboxylic acids is 2. The molecule has 2 aromatic carbocycles. The van der Waals surface area contributed by atoms with Crippen LogP contribution in [0.3, 0.4) is 0 Å². The van der Waals surface area contributed by atoms with E-state index in [0.29, 0.717) is 27.7 Å². The summed E-state index contributed by atoms with van der Waals surface area (Å²) >= 11 is 7.39. The largest absolute Gasteiger partial charge is 0.465 e. The maximum absolute atomic E-state index is 13.0. The Morgan fingerprint density at radius 3 is 2.59 bits per heavy atom. The lowest BCUT2D eigenvalue weighted by Crippen LogP contribution is -2.22. The molecule has 4 aromatic rings. The molecule has 0 aliphatic rings. The zero-order chi connectivity index (χ0) is 24.1. The summed E-state index contributed by atoms with van der Waals surface area (Å²) in [6, 6.07) is 16.2. The van der Waals surface area contributed by atoms with Crippen LogP contribution in [0, 0.1) is 5.82 Å². The Kier molecular flexibility index (Phi) is 7.15. The number of methoxy groups -OCH3 is 1. The van der Waals surface area contributed by atoms with Crippen LogP contribution in [0.25, 0.3) is 22.4 Å². The molecule has 7 nitrogen and oxygen atoms in total. The lowest BCUT2D eigenvalue weighted by Gasteiger charge is -2.04. The highest BCUT2D eigenvalue weighted by Gasteiger charge is 2.17. The van der Waals surface area contributed by atoms with Gasteiger partial charge in [-0.05, 0) is 35.9 Å². The number of ether oxygens (including phenoxy) is 1. The SMILES string of the molecule is COC(=O)c1ccccc1-c1ccc(/C=C(\Cl)c2nnc(C(=O)NCc3ccc(F)cc3)s2)o1. The minimum absolute atomic E-state index is 0.135. The summed E-state index contributed by atoms with van der Waals surface area (Å²) in [4.78, 5) is 24.4. The van der Waals surface area contributed by atoms with Gasteiger partial charge in [-0.25, -0.2) is 9.18 Å².